The molecule has 0 aromatic rings. The number of aliphatic hydroxyl groups is 2. The molecule has 0 amide bonds. The quantitative estimate of drug-likeness (QED) is 0.523. The van der Waals surface area contributed by atoms with Crippen LogP contribution in [0.5, 0.6) is 0 Å². The van der Waals surface area contributed by atoms with Crippen LogP contribution in [0.1, 0.15) is 71.6 Å². The van der Waals surface area contributed by atoms with Crippen LogP contribution in [0.4, 0.5) is 0 Å². The number of hydrogen-bond donors (Lipinski definition) is 2. The van der Waals surface area contributed by atoms with Gasteiger partial charge in [0.25, 0.3) is 0 Å². The van der Waals surface area contributed by atoms with E-state index in [-0.39, 0.29) is 22.7 Å². The molecular weight excluding hydrogens is 364 g/mol. The van der Waals surface area contributed by atoms with Crippen LogP contribution in [-0.2, 0) is 9.53 Å². The van der Waals surface area contributed by atoms with Gasteiger partial charge in [-0.1, -0.05) is 19.8 Å². The molecule has 158 valence electrons. The lowest BCUT2D eigenvalue weighted by molar-refractivity contribution is -0.211. The maximum Gasteiger partial charge on any atom is 0.331 e. The summed E-state index contributed by atoms with van der Waals surface area (Å²) < 4.78 is 5.21. The molecule has 0 bridgehead atoms. The summed E-state index contributed by atoms with van der Waals surface area (Å²) >= 11 is 0. The Morgan fingerprint density at radius 3 is 2.55 bits per heavy atom. The van der Waals surface area contributed by atoms with E-state index in [0.29, 0.717) is 37.2 Å². The van der Waals surface area contributed by atoms with E-state index in [9.17, 15) is 15.0 Å². The molecule has 0 aromatic carbocycles. The van der Waals surface area contributed by atoms with Crippen molar-refractivity contribution in [3.05, 3.63) is 11.6 Å². The Balaban J connectivity index is 1.45. The molecule has 5 rings (SSSR count). The van der Waals surface area contributed by atoms with Gasteiger partial charge in [0.2, 0.25) is 0 Å². The fourth-order valence-electron chi connectivity index (χ4n) is 8.53. The summed E-state index contributed by atoms with van der Waals surface area (Å²) in [5, 5.41) is 22.9. The zero-order valence-electron chi connectivity index (χ0n) is 17.7. The van der Waals surface area contributed by atoms with E-state index in [1.807, 2.05) is 0 Å². The molecule has 0 unspecified atom stereocenters. The molecule has 5 aliphatic rings. The summed E-state index contributed by atoms with van der Waals surface area (Å²) in [6, 6.07) is 0. The molecule has 29 heavy (non-hydrogen) atoms. The third-order valence-corrected chi connectivity index (χ3v) is 10.3. The summed E-state index contributed by atoms with van der Waals surface area (Å²) in [6.45, 7) is 5.06. The van der Waals surface area contributed by atoms with Gasteiger partial charge in [-0.3, -0.25) is 0 Å². The number of rotatable bonds is 1. The second-order valence-electron chi connectivity index (χ2n) is 11.2. The second-order valence-corrected chi connectivity index (χ2v) is 11.2. The highest BCUT2D eigenvalue weighted by Crippen LogP contribution is 2.70. The van der Waals surface area contributed by atoms with E-state index < -0.39 is 11.2 Å². The first kappa shape index (κ1) is 19.6. The van der Waals surface area contributed by atoms with Crippen molar-refractivity contribution in [1.82, 2.24) is 0 Å². The summed E-state index contributed by atoms with van der Waals surface area (Å²) in [4.78, 5) is 11.7. The first-order chi connectivity index (χ1) is 13.7. The Kier molecular flexibility index (Phi) is 4.14. The average molecular weight is 399 g/mol. The number of hydrogen-bond acceptors (Lipinski definition) is 4. The smallest absolute Gasteiger partial charge is 0.331 e. The molecule has 1 aliphatic heterocycles. The average Bonchev–Trinajstić information content (AvgIpc) is 3.23. The van der Waals surface area contributed by atoms with Crippen molar-refractivity contribution in [3.63, 3.8) is 0 Å². The molecule has 4 fully saturated rings. The first-order valence-corrected chi connectivity index (χ1v) is 11.4. The van der Waals surface area contributed by atoms with Gasteiger partial charge in [-0.2, -0.15) is 0 Å². The maximum absolute atomic E-state index is 12.2. The van der Waals surface area contributed by atoms with Crippen molar-refractivity contribution >= 4 is 5.97 Å². The highest BCUT2D eigenvalue weighted by Gasteiger charge is 2.68. The van der Waals surface area contributed by atoms with Gasteiger partial charge in [0.1, 0.15) is 12.2 Å². The zero-order chi connectivity index (χ0) is 20.7. The van der Waals surface area contributed by atoms with Gasteiger partial charge in [-0.25, -0.2) is 4.79 Å². The van der Waals surface area contributed by atoms with Crippen LogP contribution < -0.4 is 0 Å². The monoisotopic (exact) mass is 398 g/mol. The van der Waals surface area contributed by atoms with Crippen molar-refractivity contribution in [2.45, 2.75) is 82.8 Å². The Labute approximate surface area is 174 Å². The van der Waals surface area contributed by atoms with Gasteiger partial charge < -0.3 is 14.9 Å². The van der Waals surface area contributed by atoms with Crippen LogP contribution in [0.25, 0.3) is 0 Å². The number of fused-ring (bicyclic) bond motifs is 5. The SMILES string of the molecule is C#C[C@@]1(O)CC[C@@]2(C)[C@H](CC[C@@H]3[C@@H]2CC[C@]2(C)[C@@H](C4=CC(=O)OC4)CC[C@]32O)C1. The molecule has 4 nitrogen and oxygen atoms in total. The lowest BCUT2D eigenvalue weighted by Crippen LogP contribution is -2.63. The van der Waals surface area contributed by atoms with Crippen molar-refractivity contribution in [2.75, 3.05) is 6.61 Å². The van der Waals surface area contributed by atoms with E-state index in [2.05, 4.69) is 19.8 Å². The Morgan fingerprint density at radius 1 is 1.07 bits per heavy atom. The molecule has 0 spiro atoms. The Hall–Kier alpha value is -1.31. The molecule has 4 heteroatoms. The van der Waals surface area contributed by atoms with Crippen LogP contribution in [0.3, 0.4) is 0 Å². The standard InChI is InChI=1S/C25H34O4/c1-4-24(27)12-11-22(2)17(14-24)5-6-20-19(22)7-9-23(3)18(8-10-25(20,23)28)16-13-21(26)29-15-16/h1,13,17-20,27-28H,5-12,14-15H2,2-3H3/t17-,18-,19+,20-,22+,23-,24-,25+/m1/s1. The normalized spacial score (nSPS) is 53.9. The third-order valence-electron chi connectivity index (χ3n) is 10.3. The maximum atomic E-state index is 12.2. The van der Waals surface area contributed by atoms with Crippen LogP contribution >= 0.6 is 0 Å². The van der Waals surface area contributed by atoms with Gasteiger partial charge >= 0.3 is 5.97 Å². The van der Waals surface area contributed by atoms with Crippen molar-refractivity contribution in [2.24, 2.45) is 34.5 Å². The van der Waals surface area contributed by atoms with Crippen LogP contribution in [0.2, 0.25) is 0 Å². The highest BCUT2D eigenvalue weighted by molar-refractivity contribution is 5.85. The van der Waals surface area contributed by atoms with E-state index in [4.69, 9.17) is 11.2 Å². The summed E-state index contributed by atoms with van der Waals surface area (Å²) in [5.41, 5.74) is -0.584. The Bertz CT molecular complexity index is 810. The van der Waals surface area contributed by atoms with Crippen LogP contribution in [-0.4, -0.2) is 34.0 Å². The third kappa shape index (κ3) is 2.50. The molecule has 4 saturated carbocycles. The number of esters is 1. The minimum atomic E-state index is -0.947. The summed E-state index contributed by atoms with van der Waals surface area (Å²) in [7, 11) is 0. The van der Waals surface area contributed by atoms with Crippen LogP contribution in [0, 0.1) is 46.8 Å². The van der Waals surface area contributed by atoms with Gasteiger partial charge in [-0.05, 0) is 92.4 Å². The topological polar surface area (TPSA) is 66.8 Å². The second kappa shape index (κ2) is 6.11. The van der Waals surface area contributed by atoms with E-state index >= 15 is 0 Å². The molecule has 2 N–H and O–H groups in total. The molecule has 0 saturated heterocycles. The lowest BCUT2D eigenvalue weighted by Gasteiger charge is -2.64. The molecule has 0 radical (unpaired) electrons. The van der Waals surface area contributed by atoms with Crippen molar-refractivity contribution in [1.29, 1.82) is 0 Å². The largest absolute Gasteiger partial charge is 0.458 e. The molecule has 0 aromatic heterocycles. The van der Waals surface area contributed by atoms with E-state index in [1.165, 1.54) is 0 Å². The summed E-state index contributed by atoms with van der Waals surface area (Å²) in [5.74, 6) is 3.88. The van der Waals surface area contributed by atoms with Crippen LogP contribution in [0.15, 0.2) is 11.6 Å². The predicted molar refractivity (Wildman–Crippen MR) is 110 cm³/mol. The molecule has 1 heterocycles. The van der Waals surface area contributed by atoms with Crippen molar-refractivity contribution < 1.29 is 19.7 Å². The number of carbonyl (C=O) groups excluding carboxylic acids is 1. The van der Waals surface area contributed by atoms with E-state index in [1.54, 1.807) is 6.08 Å². The molecular formula is C25H34O4. The Morgan fingerprint density at radius 2 is 1.86 bits per heavy atom. The van der Waals surface area contributed by atoms with E-state index in [0.717, 1.165) is 50.5 Å². The lowest BCUT2D eigenvalue weighted by atomic mass is 9.42. The van der Waals surface area contributed by atoms with Gasteiger partial charge in [-0.15, -0.1) is 6.42 Å². The van der Waals surface area contributed by atoms with Crippen molar-refractivity contribution in [3.8, 4) is 12.3 Å². The van der Waals surface area contributed by atoms with Gasteiger partial charge in [0.15, 0.2) is 0 Å². The number of ether oxygens (including phenoxy) is 1. The fourth-order valence-corrected chi connectivity index (χ4v) is 8.53. The predicted octanol–water partition coefficient (Wildman–Crippen LogP) is 3.61. The minimum Gasteiger partial charge on any atom is -0.458 e. The summed E-state index contributed by atoms with van der Waals surface area (Å²) in [6.07, 6.45) is 15.6. The van der Waals surface area contributed by atoms with Gasteiger partial charge in [0, 0.05) is 11.5 Å². The molecule has 4 aliphatic carbocycles. The number of cyclic esters (lactones) is 1. The van der Waals surface area contributed by atoms with Gasteiger partial charge in [0.05, 0.1) is 5.60 Å². The highest BCUT2D eigenvalue weighted by atomic mass is 16.5. The number of terminal acetylenes is 1. The number of carbonyl (C=O) groups is 1. The first-order valence-electron chi connectivity index (χ1n) is 11.4. The minimum absolute atomic E-state index is 0.146. The zero-order valence-corrected chi connectivity index (χ0v) is 17.7. The fraction of sp³-hybridized carbons (Fsp3) is 0.800. The molecule has 8 atom stereocenters.